The second-order valence-corrected chi connectivity index (χ2v) is 9.75. The Bertz CT molecular complexity index is 912. The lowest BCUT2D eigenvalue weighted by atomic mass is 9.64. The lowest BCUT2D eigenvalue weighted by Crippen LogP contribution is -2.54. The van der Waals surface area contributed by atoms with Crippen LogP contribution >= 0.6 is 0 Å². The SMILES string of the molecule is Cc1cccc(NC(=O)[C@@H](C)OC(=O)CN2C(=O)N[C@]3(C[C@H](C)CC(C)(C)C3)C2=O)c1. The highest BCUT2D eigenvalue weighted by Crippen LogP contribution is 2.46. The molecule has 2 aliphatic rings. The highest BCUT2D eigenvalue weighted by molar-refractivity contribution is 6.09. The van der Waals surface area contributed by atoms with Crippen LogP contribution in [-0.2, 0) is 19.1 Å². The molecule has 1 heterocycles. The number of anilines is 1. The number of carbonyl (C=O) groups excluding carboxylic acids is 4. The molecule has 0 unspecified atom stereocenters. The van der Waals surface area contributed by atoms with Crippen LogP contribution in [0.1, 0.15) is 52.5 Å². The van der Waals surface area contributed by atoms with Crippen molar-refractivity contribution in [1.82, 2.24) is 10.2 Å². The molecule has 4 amide bonds. The van der Waals surface area contributed by atoms with Gasteiger partial charge >= 0.3 is 12.0 Å². The molecule has 1 aromatic carbocycles. The van der Waals surface area contributed by atoms with E-state index in [9.17, 15) is 19.2 Å². The number of aryl methyl sites for hydroxylation is 1. The number of urea groups is 1. The van der Waals surface area contributed by atoms with Crippen LogP contribution in [0, 0.1) is 18.3 Å². The zero-order valence-electron chi connectivity index (χ0n) is 18.8. The van der Waals surface area contributed by atoms with E-state index in [2.05, 4.69) is 31.4 Å². The Kier molecular flexibility index (Phi) is 6.11. The molecule has 1 saturated carbocycles. The minimum Gasteiger partial charge on any atom is -0.451 e. The summed E-state index contributed by atoms with van der Waals surface area (Å²) in [5.41, 5.74) is 0.500. The van der Waals surface area contributed by atoms with Crippen LogP contribution in [0.15, 0.2) is 24.3 Å². The number of amides is 4. The molecule has 3 atom stereocenters. The second-order valence-electron chi connectivity index (χ2n) is 9.75. The molecule has 2 N–H and O–H groups in total. The summed E-state index contributed by atoms with van der Waals surface area (Å²) in [7, 11) is 0. The fraction of sp³-hybridized carbons (Fsp3) is 0.565. The van der Waals surface area contributed by atoms with Crippen molar-refractivity contribution >= 4 is 29.5 Å². The van der Waals surface area contributed by atoms with Gasteiger partial charge in [-0.05, 0) is 62.1 Å². The number of nitrogens with one attached hydrogen (secondary N) is 2. The summed E-state index contributed by atoms with van der Waals surface area (Å²) >= 11 is 0. The molecule has 2 fully saturated rings. The van der Waals surface area contributed by atoms with Gasteiger partial charge in [0, 0.05) is 5.69 Å². The first-order valence-electron chi connectivity index (χ1n) is 10.6. The van der Waals surface area contributed by atoms with Gasteiger partial charge in [-0.25, -0.2) is 4.79 Å². The fourth-order valence-corrected chi connectivity index (χ4v) is 5.03. The molecule has 3 rings (SSSR count). The van der Waals surface area contributed by atoms with Crippen molar-refractivity contribution in [2.75, 3.05) is 11.9 Å². The third-order valence-corrected chi connectivity index (χ3v) is 5.87. The third-order valence-electron chi connectivity index (χ3n) is 5.87. The Labute approximate surface area is 182 Å². The van der Waals surface area contributed by atoms with Crippen LogP contribution in [0.4, 0.5) is 10.5 Å². The van der Waals surface area contributed by atoms with Gasteiger partial charge < -0.3 is 15.4 Å². The van der Waals surface area contributed by atoms with Crippen molar-refractivity contribution in [3.63, 3.8) is 0 Å². The van der Waals surface area contributed by atoms with E-state index in [1.165, 1.54) is 6.92 Å². The molecule has 0 radical (unpaired) electrons. The summed E-state index contributed by atoms with van der Waals surface area (Å²) < 4.78 is 5.19. The van der Waals surface area contributed by atoms with Gasteiger partial charge in [0.05, 0.1) is 0 Å². The van der Waals surface area contributed by atoms with Gasteiger partial charge in [-0.1, -0.05) is 32.9 Å². The van der Waals surface area contributed by atoms with Crippen LogP contribution in [0.5, 0.6) is 0 Å². The molecule has 168 valence electrons. The van der Waals surface area contributed by atoms with Crippen molar-refractivity contribution in [3.8, 4) is 0 Å². The molecule has 1 aromatic rings. The van der Waals surface area contributed by atoms with Crippen LogP contribution < -0.4 is 10.6 Å². The van der Waals surface area contributed by atoms with E-state index in [1.807, 2.05) is 19.1 Å². The van der Waals surface area contributed by atoms with Gasteiger partial charge in [-0.2, -0.15) is 0 Å². The topological polar surface area (TPSA) is 105 Å². The largest absolute Gasteiger partial charge is 0.451 e. The molecule has 1 spiro atoms. The standard InChI is InChI=1S/C23H31N3O5/c1-14-7-6-8-17(9-14)24-19(28)16(3)31-18(27)12-26-20(29)23(25-21(26)30)11-15(2)10-22(4,5)13-23/h6-9,15-16H,10-13H2,1-5H3,(H,24,28)(H,25,30)/t15-,16-,23+/m1/s1. The summed E-state index contributed by atoms with van der Waals surface area (Å²) in [6.07, 6.45) is 0.960. The molecule has 1 aliphatic heterocycles. The van der Waals surface area contributed by atoms with Gasteiger partial charge in [0.15, 0.2) is 6.10 Å². The summed E-state index contributed by atoms with van der Waals surface area (Å²) in [5.74, 6) is -1.43. The van der Waals surface area contributed by atoms with Crippen molar-refractivity contribution < 1.29 is 23.9 Å². The van der Waals surface area contributed by atoms with Crippen molar-refractivity contribution in [2.24, 2.45) is 11.3 Å². The monoisotopic (exact) mass is 429 g/mol. The summed E-state index contributed by atoms with van der Waals surface area (Å²) in [5, 5.41) is 5.51. The Morgan fingerprint density at radius 3 is 2.65 bits per heavy atom. The van der Waals surface area contributed by atoms with E-state index in [0.717, 1.165) is 16.9 Å². The first-order chi connectivity index (χ1) is 14.4. The molecule has 31 heavy (non-hydrogen) atoms. The molecular formula is C23H31N3O5. The maximum atomic E-state index is 13.1. The van der Waals surface area contributed by atoms with E-state index in [0.29, 0.717) is 18.5 Å². The second kappa shape index (κ2) is 8.32. The van der Waals surface area contributed by atoms with Crippen molar-refractivity contribution in [3.05, 3.63) is 29.8 Å². The maximum absolute atomic E-state index is 13.1. The molecule has 1 aliphatic carbocycles. The van der Waals surface area contributed by atoms with Gasteiger partial charge in [0.25, 0.3) is 11.8 Å². The molecule has 1 saturated heterocycles. The maximum Gasteiger partial charge on any atom is 0.327 e. The number of nitrogens with zero attached hydrogens (tertiary/aromatic N) is 1. The zero-order chi connectivity index (χ0) is 23.0. The summed E-state index contributed by atoms with van der Waals surface area (Å²) in [6, 6.07) is 6.65. The lowest BCUT2D eigenvalue weighted by molar-refractivity contribution is -0.155. The summed E-state index contributed by atoms with van der Waals surface area (Å²) in [6.45, 7) is 9.04. The van der Waals surface area contributed by atoms with Gasteiger partial charge in [0.1, 0.15) is 12.1 Å². The summed E-state index contributed by atoms with van der Waals surface area (Å²) in [4.78, 5) is 51.3. The normalized spacial score (nSPS) is 25.8. The van der Waals surface area contributed by atoms with Crippen LogP contribution in [-0.4, -0.2) is 46.9 Å². The average molecular weight is 430 g/mol. The molecular weight excluding hydrogens is 398 g/mol. The highest BCUT2D eigenvalue weighted by atomic mass is 16.5. The fourth-order valence-electron chi connectivity index (χ4n) is 5.03. The number of imide groups is 1. The number of hydrogen-bond acceptors (Lipinski definition) is 5. The lowest BCUT2D eigenvalue weighted by Gasteiger charge is -2.43. The molecule has 8 heteroatoms. The minimum absolute atomic E-state index is 0.0977. The number of rotatable bonds is 5. The van der Waals surface area contributed by atoms with Crippen LogP contribution in [0.3, 0.4) is 0 Å². The van der Waals surface area contributed by atoms with Crippen molar-refractivity contribution in [2.45, 2.75) is 65.5 Å². The Morgan fingerprint density at radius 1 is 1.29 bits per heavy atom. The van der Waals surface area contributed by atoms with Gasteiger partial charge in [0.2, 0.25) is 0 Å². The Balaban J connectivity index is 1.60. The third kappa shape index (κ3) is 5.06. The predicted molar refractivity (Wildman–Crippen MR) is 115 cm³/mol. The predicted octanol–water partition coefficient (Wildman–Crippen LogP) is 3.00. The number of esters is 1. The van der Waals surface area contributed by atoms with Gasteiger partial charge in [-0.15, -0.1) is 0 Å². The number of hydrogen-bond donors (Lipinski definition) is 2. The molecule has 0 aromatic heterocycles. The van der Waals surface area contributed by atoms with Gasteiger partial charge in [-0.3, -0.25) is 19.3 Å². The highest BCUT2D eigenvalue weighted by Gasteiger charge is 2.56. The Morgan fingerprint density at radius 2 is 2.00 bits per heavy atom. The quantitative estimate of drug-likeness (QED) is 0.553. The first-order valence-corrected chi connectivity index (χ1v) is 10.6. The number of benzene rings is 1. The smallest absolute Gasteiger partial charge is 0.327 e. The zero-order valence-corrected chi connectivity index (χ0v) is 18.8. The van der Waals surface area contributed by atoms with Crippen LogP contribution in [0.25, 0.3) is 0 Å². The van der Waals surface area contributed by atoms with E-state index in [-0.39, 0.29) is 11.3 Å². The van der Waals surface area contributed by atoms with E-state index >= 15 is 0 Å². The van der Waals surface area contributed by atoms with Crippen LogP contribution in [0.2, 0.25) is 0 Å². The molecule has 0 bridgehead atoms. The van der Waals surface area contributed by atoms with E-state index in [1.54, 1.807) is 12.1 Å². The number of carbonyl (C=O) groups is 4. The van der Waals surface area contributed by atoms with E-state index < -0.39 is 42.0 Å². The van der Waals surface area contributed by atoms with Crippen molar-refractivity contribution in [1.29, 1.82) is 0 Å². The first kappa shape index (κ1) is 22.8. The molecule has 8 nitrogen and oxygen atoms in total. The van der Waals surface area contributed by atoms with E-state index in [4.69, 9.17) is 4.74 Å². The Hall–Kier alpha value is -2.90. The minimum atomic E-state index is -1.07. The number of ether oxygens (including phenoxy) is 1. The average Bonchev–Trinajstić information content (AvgIpc) is 2.83.